The number of rotatable bonds is 7. The number of amides is 1. The van der Waals surface area contributed by atoms with Crippen LogP contribution in [0, 0.1) is 5.92 Å². The van der Waals surface area contributed by atoms with Gasteiger partial charge in [0.15, 0.2) is 5.78 Å². The molecule has 0 aliphatic heterocycles. The van der Waals surface area contributed by atoms with E-state index in [4.69, 9.17) is 4.74 Å². The number of carbonyl (C=O) groups is 2. The Hall–Kier alpha value is -1.72. The smallest absolute Gasteiger partial charge is 0.251 e. The van der Waals surface area contributed by atoms with E-state index in [9.17, 15) is 9.59 Å². The number of nitrogens with one attached hydrogen (secondary N) is 1. The minimum atomic E-state index is -0.144. The van der Waals surface area contributed by atoms with Crippen LogP contribution in [-0.4, -0.2) is 56.5 Å². The van der Waals surface area contributed by atoms with Crippen molar-refractivity contribution in [1.29, 1.82) is 0 Å². The molecule has 5 nitrogen and oxygen atoms in total. The fourth-order valence-corrected chi connectivity index (χ4v) is 3.89. The van der Waals surface area contributed by atoms with Gasteiger partial charge in [-0.15, -0.1) is 0 Å². The summed E-state index contributed by atoms with van der Waals surface area (Å²) in [4.78, 5) is 27.7. The summed E-state index contributed by atoms with van der Waals surface area (Å²) in [6, 6.07) is 5.42. The predicted octanol–water partition coefficient (Wildman–Crippen LogP) is 2.64. The summed E-state index contributed by atoms with van der Waals surface area (Å²) >= 11 is 0. The Kier molecular flexibility index (Phi) is 5.49. The van der Waals surface area contributed by atoms with E-state index in [1.165, 1.54) is 12.8 Å². The lowest BCUT2D eigenvalue weighted by molar-refractivity contribution is 0.0777. The van der Waals surface area contributed by atoms with Gasteiger partial charge >= 0.3 is 0 Å². The molecule has 0 heterocycles. The number of hydrogen-bond acceptors (Lipinski definition) is 4. The van der Waals surface area contributed by atoms with Crippen molar-refractivity contribution in [2.45, 2.75) is 44.6 Å². The van der Waals surface area contributed by atoms with Crippen molar-refractivity contribution in [3.05, 3.63) is 34.9 Å². The van der Waals surface area contributed by atoms with Crippen molar-refractivity contribution in [1.82, 2.24) is 10.2 Å². The number of ketones is 1. The molecule has 0 bridgehead atoms. The number of hydrogen-bond donors (Lipinski definition) is 1. The molecule has 0 saturated heterocycles. The van der Waals surface area contributed by atoms with Crippen molar-refractivity contribution in [2.75, 3.05) is 33.9 Å². The van der Waals surface area contributed by atoms with E-state index in [1.54, 1.807) is 13.2 Å². The fraction of sp³-hybridized carbons (Fsp3) is 0.619. The van der Waals surface area contributed by atoms with Crippen molar-refractivity contribution >= 4 is 11.7 Å². The van der Waals surface area contributed by atoms with Crippen molar-refractivity contribution < 1.29 is 14.3 Å². The highest BCUT2D eigenvalue weighted by molar-refractivity contribution is 6.04. The van der Waals surface area contributed by atoms with E-state index in [0.29, 0.717) is 18.7 Å². The van der Waals surface area contributed by atoms with E-state index in [-0.39, 0.29) is 23.1 Å². The van der Waals surface area contributed by atoms with E-state index in [0.717, 1.165) is 30.0 Å². The van der Waals surface area contributed by atoms with Crippen LogP contribution in [0.15, 0.2) is 18.2 Å². The van der Waals surface area contributed by atoms with Crippen LogP contribution in [0.3, 0.4) is 0 Å². The van der Waals surface area contributed by atoms with Crippen LogP contribution in [0.1, 0.15) is 59.4 Å². The van der Waals surface area contributed by atoms with Gasteiger partial charge in [-0.05, 0) is 55.3 Å². The molecule has 1 fully saturated rings. The van der Waals surface area contributed by atoms with E-state index < -0.39 is 0 Å². The molecule has 1 atom stereocenters. The highest BCUT2D eigenvalue weighted by atomic mass is 16.5. The van der Waals surface area contributed by atoms with Gasteiger partial charge in [-0.2, -0.15) is 0 Å². The summed E-state index contributed by atoms with van der Waals surface area (Å²) in [6.45, 7) is 6.30. The lowest BCUT2D eigenvalue weighted by Crippen LogP contribution is -2.47. The third-order valence-electron chi connectivity index (χ3n) is 5.65. The molecule has 0 spiro atoms. The summed E-state index contributed by atoms with van der Waals surface area (Å²) in [6.07, 6.45) is 3.36. The van der Waals surface area contributed by atoms with Crippen LogP contribution in [0.2, 0.25) is 0 Å². The first-order valence-corrected chi connectivity index (χ1v) is 9.49. The molecule has 2 aliphatic carbocycles. The number of nitrogens with zero attached hydrogens (tertiary/aromatic N) is 1. The second-order valence-electron chi connectivity index (χ2n) is 8.36. The van der Waals surface area contributed by atoms with E-state index in [2.05, 4.69) is 31.1 Å². The van der Waals surface area contributed by atoms with Crippen molar-refractivity contribution in [3.63, 3.8) is 0 Å². The van der Waals surface area contributed by atoms with Crippen LogP contribution < -0.4 is 5.32 Å². The number of benzene rings is 1. The Morgan fingerprint density at radius 2 is 2.08 bits per heavy atom. The highest BCUT2D eigenvalue weighted by Crippen LogP contribution is 2.40. The predicted molar refractivity (Wildman–Crippen MR) is 102 cm³/mol. The first kappa shape index (κ1) is 19.1. The normalized spacial score (nSPS) is 21.6. The van der Waals surface area contributed by atoms with Gasteiger partial charge in [-0.25, -0.2) is 0 Å². The molecular weight excluding hydrogens is 328 g/mol. The SMILES string of the molecule is COCCNC(=O)c1ccc2c(c1)C(C)(C)CC(N(C)CC1CC1)C2=O. The van der Waals surface area contributed by atoms with Gasteiger partial charge in [0.05, 0.1) is 12.6 Å². The number of fused-ring (bicyclic) bond motifs is 1. The number of carbonyl (C=O) groups excluding carboxylic acids is 2. The Balaban J connectivity index is 1.82. The summed E-state index contributed by atoms with van der Waals surface area (Å²) in [5.41, 5.74) is 2.21. The fourth-order valence-electron chi connectivity index (χ4n) is 3.89. The molecule has 1 saturated carbocycles. The zero-order chi connectivity index (χ0) is 18.9. The number of Topliss-reactive ketones (excluding diaryl/α,β-unsaturated/α-hetero) is 1. The van der Waals surface area contributed by atoms with Gasteiger partial charge in [0.1, 0.15) is 0 Å². The minimum Gasteiger partial charge on any atom is -0.383 e. The minimum absolute atomic E-state index is 0.0699. The van der Waals surface area contributed by atoms with Crippen LogP contribution in [-0.2, 0) is 10.2 Å². The topological polar surface area (TPSA) is 58.6 Å². The molecule has 0 radical (unpaired) electrons. The van der Waals surface area contributed by atoms with Crippen molar-refractivity contribution in [3.8, 4) is 0 Å². The molecule has 2 aliphatic rings. The monoisotopic (exact) mass is 358 g/mol. The van der Waals surface area contributed by atoms with Gasteiger partial charge in [0, 0.05) is 31.3 Å². The molecule has 1 unspecified atom stereocenters. The maximum atomic E-state index is 13.1. The summed E-state index contributed by atoms with van der Waals surface area (Å²) in [5, 5.41) is 2.84. The van der Waals surface area contributed by atoms with Crippen molar-refractivity contribution in [2.24, 2.45) is 5.92 Å². The van der Waals surface area contributed by atoms with Crippen LogP contribution >= 0.6 is 0 Å². The third kappa shape index (κ3) is 3.99. The highest BCUT2D eigenvalue weighted by Gasteiger charge is 2.41. The molecule has 1 aromatic carbocycles. The Labute approximate surface area is 156 Å². The third-order valence-corrected chi connectivity index (χ3v) is 5.65. The molecule has 5 heteroatoms. The molecule has 1 N–H and O–H groups in total. The molecule has 1 amide bonds. The Morgan fingerprint density at radius 3 is 2.73 bits per heavy atom. The second-order valence-corrected chi connectivity index (χ2v) is 8.36. The number of ether oxygens (including phenoxy) is 1. The van der Waals surface area contributed by atoms with Gasteiger partial charge < -0.3 is 10.1 Å². The average Bonchev–Trinajstić information content (AvgIpc) is 3.42. The second kappa shape index (κ2) is 7.49. The summed E-state index contributed by atoms with van der Waals surface area (Å²) in [5.74, 6) is 0.824. The summed E-state index contributed by atoms with van der Waals surface area (Å²) in [7, 11) is 3.68. The molecule has 1 aromatic rings. The molecule has 0 aromatic heterocycles. The summed E-state index contributed by atoms with van der Waals surface area (Å²) < 4.78 is 4.97. The zero-order valence-electron chi connectivity index (χ0n) is 16.3. The van der Waals surface area contributed by atoms with E-state index >= 15 is 0 Å². The maximum absolute atomic E-state index is 13.1. The van der Waals surface area contributed by atoms with Gasteiger partial charge in [0.25, 0.3) is 5.91 Å². The lowest BCUT2D eigenvalue weighted by Gasteiger charge is -2.40. The first-order chi connectivity index (χ1) is 12.3. The lowest BCUT2D eigenvalue weighted by atomic mass is 9.69. The molecular formula is C21H30N2O3. The zero-order valence-corrected chi connectivity index (χ0v) is 16.3. The van der Waals surface area contributed by atoms with Gasteiger partial charge in [-0.3, -0.25) is 14.5 Å². The first-order valence-electron chi connectivity index (χ1n) is 9.49. The number of likely N-dealkylation sites (N-methyl/N-ethyl adjacent to an activating group) is 1. The van der Waals surface area contributed by atoms with Crippen LogP contribution in [0.4, 0.5) is 0 Å². The average molecular weight is 358 g/mol. The van der Waals surface area contributed by atoms with Gasteiger partial charge in [-0.1, -0.05) is 19.9 Å². The van der Waals surface area contributed by atoms with Gasteiger partial charge in [0.2, 0.25) is 0 Å². The largest absolute Gasteiger partial charge is 0.383 e. The van der Waals surface area contributed by atoms with E-state index in [1.807, 2.05) is 12.1 Å². The quantitative estimate of drug-likeness (QED) is 0.761. The Bertz CT molecular complexity index is 694. The number of methoxy groups -OCH3 is 1. The Morgan fingerprint density at radius 1 is 1.35 bits per heavy atom. The molecule has 142 valence electrons. The molecule has 3 rings (SSSR count). The van der Waals surface area contributed by atoms with Crippen LogP contribution in [0.25, 0.3) is 0 Å². The maximum Gasteiger partial charge on any atom is 0.251 e. The standard InChI is InChI=1S/C21H30N2O3/c1-21(2)12-18(23(3)13-14-5-6-14)19(24)16-8-7-15(11-17(16)21)20(25)22-9-10-26-4/h7-8,11,14,18H,5-6,9-10,12-13H2,1-4H3,(H,22,25). The molecule has 26 heavy (non-hydrogen) atoms. The van der Waals surface area contributed by atoms with Crippen LogP contribution in [0.5, 0.6) is 0 Å².